The van der Waals surface area contributed by atoms with E-state index < -0.39 is 0 Å². The van der Waals surface area contributed by atoms with Crippen molar-refractivity contribution in [3.05, 3.63) is 0 Å². The predicted octanol–water partition coefficient (Wildman–Crippen LogP) is 2.25. The van der Waals surface area contributed by atoms with Crippen molar-refractivity contribution in [1.29, 1.82) is 0 Å². The average molecular weight is 256 g/mol. The lowest BCUT2D eigenvalue weighted by atomic mass is 9.82. The molecule has 0 radical (unpaired) electrons. The molecule has 1 aliphatic carbocycles. The minimum Gasteiger partial charge on any atom is -0.395 e. The molecule has 1 unspecified atom stereocenters. The quantitative estimate of drug-likeness (QED) is 0.664. The van der Waals surface area contributed by atoms with Crippen LogP contribution in [0.25, 0.3) is 0 Å². The van der Waals surface area contributed by atoms with Gasteiger partial charge in [-0.1, -0.05) is 27.2 Å². The van der Waals surface area contributed by atoms with E-state index in [2.05, 4.69) is 37.9 Å². The topological polar surface area (TPSA) is 35.5 Å². The molecule has 0 aromatic heterocycles. The van der Waals surface area contributed by atoms with E-state index in [1.54, 1.807) is 0 Å². The van der Waals surface area contributed by atoms with Crippen LogP contribution in [0.1, 0.15) is 53.4 Å². The first kappa shape index (κ1) is 15.9. The monoisotopic (exact) mass is 256 g/mol. The van der Waals surface area contributed by atoms with Crippen LogP contribution < -0.4 is 5.32 Å². The Morgan fingerprint density at radius 1 is 1.39 bits per heavy atom. The minimum absolute atomic E-state index is 0.250. The molecule has 0 spiro atoms. The van der Waals surface area contributed by atoms with Gasteiger partial charge in [0.15, 0.2) is 0 Å². The van der Waals surface area contributed by atoms with Crippen LogP contribution in [0.15, 0.2) is 0 Å². The van der Waals surface area contributed by atoms with Crippen molar-refractivity contribution in [2.75, 3.05) is 26.2 Å². The zero-order chi connectivity index (χ0) is 13.6. The highest BCUT2D eigenvalue weighted by Crippen LogP contribution is 2.29. The average Bonchev–Trinajstić information content (AvgIpc) is 2.23. The van der Waals surface area contributed by atoms with Gasteiger partial charge in [0.2, 0.25) is 0 Å². The van der Waals surface area contributed by atoms with Crippen molar-refractivity contribution >= 4 is 0 Å². The second-order valence-electron chi connectivity index (χ2n) is 6.44. The van der Waals surface area contributed by atoms with Gasteiger partial charge in [0.05, 0.1) is 6.61 Å². The van der Waals surface area contributed by atoms with E-state index in [0.717, 1.165) is 25.7 Å². The Kier molecular flexibility index (Phi) is 6.61. The van der Waals surface area contributed by atoms with Gasteiger partial charge >= 0.3 is 0 Å². The Morgan fingerprint density at radius 2 is 2.06 bits per heavy atom. The Morgan fingerprint density at radius 3 is 2.50 bits per heavy atom. The lowest BCUT2D eigenvalue weighted by Gasteiger charge is -2.43. The van der Waals surface area contributed by atoms with Crippen LogP contribution in [0, 0.1) is 5.41 Å². The summed E-state index contributed by atoms with van der Waals surface area (Å²) in [5.41, 5.74) is 0.250. The van der Waals surface area contributed by atoms with Crippen molar-refractivity contribution in [2.24, 2.45) is 5.41 Å². The maximum atomic E-state index is 9.22. The number of aliphatic hydroxyl groups excluding tert-OH is 1. The summed E-state index contributed by atoms with van der Waals surface area (Å²) in [6.07, 6.45) is 5.17. The Hall–Kier alpha value is -0.120. The van der Waals surface area contributed by atoms with Gasteiger partial charge in [-0.05, 0) is 38.1 Å². The fourth-order valence-electron chi connectivity index (χ4n) is 2.57. The van der Waals surface area contributed by atoms with Gasteiger partial charge in [-0.3, -0.25) is 4.90 Å². The molecular weight excluding hydrogens is 224 g/mol. The summed E-state index contributed by atoms with van der Waals surface area (Å²) in [5, 5.41) is 12.8. The fraction of sp³-hybridized carbons (Fsp3) is 1.00. The molecule has 1 saturated carbocycles. The molecule has 0 amide bonds. The predicted molar refractivity (Wildman–Crippen MR) is 77.8 cm³/mol. The van der Waals surface area contributed by atoms with Crippen LogP contribution in [-0.4, -0.2) is 48.3 Å². The third-order valence-electron chi connectivity index (χ3n) is 4.46. The van der Waals surface area contributed by atoms with Gasteiger partial charge in [0, 0.05) is 25.2 Å². The molecule has 1 aliphatic rings. The van der Waals surface area contributed by atoms with Crippen molar-refractivity contribution in [1.82, 2.24) is 10.2 Å². The fourth-order valence-corrected chi connectivity index (χ4v) is 2.57. The van der Waals surface area contributed by atoms with Gasteiger partial charge < -0.3 is 10.4 Å². The highest BCUT2D eigenvalue weighted by atomic mass is 16.3. The molecule has 1 atom stereocenters. The number of nitrogens with zero attached hydrogens (tertiary/aromatic N) is 1. The molecule has 0 bridgehead atoms. The van der Waals surface area contributed by atoms with E-state index in [9.17, 15) is 5.11 Å². The Labute approximate surface area is 113 Å². The molecule has 3 heteroatoms. The molecule has 108 valence electrons. The first-order chi connectivity index (χ1) is 8.51. The molecule has 0 aromatic carbocycles. The number of hydrogen-bond acceptors (Lipinski definition) is 3. The van der Waals surface area contributed by atoms with Crippen LogP contribution >= 0.6 is 0 Å². The van der Waals surface area contributed by atoms with Gasteiger partial charge in [-0.15, -0.1) is 0 Å². The van der Waals surface area contributed by atoms with Crippen molar-refractivity contribution in [2.45, 2.75) is 65.5 Å². The summed E-state index contributed by atoms with van der Waals surface area (Å²) in [5.74, 6) is 0. The van der Waals surface area contributed by atoms with Crippen LogP contribution in [0.5, 0.6) is 0 Å². The van der Waals surface area contributed by atoms with Crippen LogP contribution in [0.4, 0.5) is 0 Å². The van der Waals surface area contributed by atoms with E-state index in [1.807, 2.05) is 0 Å². The number of hydrogen-bond donors (Lipinski definition) is 2. The molecule has 1 rings (SSSR count). The van der Waals surface area contributed by atoms with Crippen LogP contribution in [-0.2, 0) is 0 Å². The minimum atomic E-state index is 0.250. The highest BCUT2D eigenvalue weighted by Gasteiger charge is 2.32. The van der Waals surface area contributed by atoms with E-state index >= 15 is 0 Å². The molecule has 0 saturated heterocycles. The number of aliphatic hydroxyl groups is 1. The molecule has 2 N–H and O–H groups in total. The Bertz CT molecular complexity index is 227. The summed E-state index contributed by atoms with van der Waals surface area (Å²) in [6, 6.07) is 1.23. The largest absolute Gasteiger partial charge is 0.395 e. The Balaban J connectivity index is 2.48. The standard InChI is InChI=1S/C15H32N2O/c1-5-9-16-13(2)15(3,4)12-17(10-11-18)14-7-6-8-14/h13-14,16,18H,5-12H2,1-4H3. The third-order valence-corrected chi connectivity index (χ3v) is 4.46. The van der Waals surface area contributed by atoms with Crippen LogP contribution in [0.3, 0.4) is 0 Å². The van der Waals surface area contributed by atoms with Gasteiger partial charge in [0.1, 0.15) is 0 Å². The molecule has 0 heterocycles. The summed E-state index contributed by atoms with van der Waals surface area (Å²) >= 11 is 0. The van der Waals surface area contributed by atoms with Crippen molar-refractivity contribution in [3.8, 4) is 0 Å². The lowest BCUT2D eigenvalue weighted by Crippen LogP contribution is -2.51. The zero-order valence-electron chi connectivity index (χ0n) is 12.7. The smallest absolute Gasteiger partial charge is 0.0558 e. The first-order valence-electron chi connectivity index (χ1n) is 7.59. The molecule has 0 aromatic rings. The lowest BCUT2D eigenvalue weighted by molar-refractivity contribution is 0.0526. The summed E-state index contributed by atoms with van der Waals surface area (Å²) in [6.45, 7) is 12.4. The normalized spacial score (nSPS) is 19.0. The molecule has 3 nitrogen and oxygen atoms in total. The van der Waals surface area contributed by atoms with E-state index in [0.29, 0.717) is 6.04 Å². The maximum absolute atomic E-state index is 9.22. The van der Waals surface area contributed by atoms with Crippen molar-refractivity contribution < 1.29 is 5.11 Å². The zero-order valence-corrected chi connectivity index (χ0v) is 12.7. The maximum Gasteiger partial charge on any atom is 0.0558 e. The van der Waals surface area contributed by atoms with Gasteiger partial charge in [-0.25, -0.2) is 0 Å². The SMILES string of the molecule is CCCNC(C)C(C)(C)CN(CCO)C1CCC1. The second-order valence-corrected chi connectivity index (χ2v) is 6.44. The number of rotatable bonds is 9. The van der Waals surface area contributed by atoms with E-state index in [-0.39, 0.29) is 12.0 Å². The van der Waals surface area contributed by atoms with E-state index in [1.165, 1.54) is 25.7 Å². The van der Waals surface area contributed by atoms with Crippen molar-refractivity contribution in [3.63, 3.8) is 0 Å². The van der Waals surface area contributed by atoms with Gasteiger partial charge in [0.25, 0.3) is 0 Å². The summed E-state index contributed by atoms with van der Waals surface area (Å²) in [4.78, 5) is 2.49. The molecule has 1 fully saturated rings. The first-order valence-corrected chi connectivity index (χ1v) is 7.59. The third kappa shape index (κ3) is 4.52. The van der Waals surface area contributed by atoms with E-state index in [4.69, 9.17) is 0 Å². The highest BCUT2D eigenvalue weighted by molar-refractivity contribution is 4.88. The summed E-state index contributed by atoms with van der Waals surface area (Å²) < 4.78 is 0. The molecular formula is C15H32N2O. The van der Waals surface area contributed by atoms with Crippen LogP contribution in [0.2, 0.25) is 0 Å². The number of nitrogens with one attached hydrogen (secondary N) is 1. The molecule has 18 heavy (non-hydrogen) atoms. The molecule has 0 aliphatic heterocycles. The second kappa shape index (κ2) is 7.46. The van der Waals surface area contributed by atoms with Gasteiger partial charge in [-0.2, -0.15) is 0 Å². The summed E-state index contributed by atoms with van der Waals surface area (Å²) in [7, 11) is 0.